The maximum Gasteiger partial charge on any atom is 0.235 e. The van der Waals surface area contributed by atoms with Crippen molar-refractivity contribution in [3.63, 3.8) is 0 Å². The Balaban J connectivity index is 1.86. The fourth-order valence-electron chi connectivity index (χ4n) is 5.79. The highest BCUT2D eigenvalue weighted by atomic mass is 16.3. The molecule has 10 heteroatoms. The van der Waals surface area contributed by atoms with Crippen molar-refractivity contribution in [3.05, 3.63) is 28.8 Å². The van der Waals surface area contributed by atoms with Crippen LogP contribution in [0.4, 0.5) is 0 Å². The number of nitrogens with two attached hydrogens (primary N) is 2. The van der Waals surface area contributed by atoms with Gasteiger partial charge in [-0.3, -0.25) is 28.9 Å². The summed E-state index contributed by atoms with van der Waals surface area (Å²) in [6.45, 7) is -0.0220. The molecule has 0 aliphatic heterocycles. The number of primary amides is 1. The zero-order valence-electron chi connectivity index (χ0n) is 17.7. The molecule has 1 aromatic rings. The summed E-state index contributed by atoms with van der Waals surface area (Å²) in [6.07, 6.45) is 0.271. The molecule has 1 amide bonds. The van der Waals surface area contributed by atoms with Crippen LogP contribution in [0.1, 0.15) is 27.9 Å². The van der Waals surface area contributed by atoms with Gasteiger partial charge in [-0.2, -0.15) is 0 Å². The van der Waals surface area contributed by atoms with Crippen LogP contribution in [0.5, 0.6) is 5.75 Å². The minimum absolute atomic E-state index is 0.0220. The number of fused-ring (bicyclic) bond motifs is 3. The van der Waals surface area contributed by atoms with Crippen molar-refractivity contribution in [1.29, 1.82) is 0 Å². The Morgan fingerprint density at radius 2 is 1.84 bits per heavy atom. The number of carbonyl (C=O) groups is 5. The highest BCUT2D eigenvalue weighted by molar-refractivity contribution is 6.32. The van der Waals surface area contributed by atoms with E-state index in [0.717, 1.165) is 0 Å². The van der Waals surface area contributed by atoms with Crippen LogP contribution in [0.25, 0.3) is 0 Å². The van der Waals surface area contributed by atoms with Crippen LogP contribution in [0.3, 0.4) is 0 Å². The highest BCUT2D eigenvalue weighted by Crippen LogP contribution is 2.50. The van der Waals surface area contributed by atoms with Crippen LogP contribution in [0.15, 0.2) is 12.1 Å². The molecule has 1 aromatic carbocycles. The number of ketones is 4. The third-order valence-electron chi connectivity index (χ3n) is 7.24. The van der Waals surface area contributed by atoms with Crippen molar-refractivity contribution in [3.8, 4) is 5.75 Å². The van der Waals surface area contributed by atoms with Crippen molar-refractivity contribution >= 4 is 29.0 Å². The second-order valence-electron chi connectivity index (χ2n) is 9.10. The maximum atomic E-state index is 13.6. The Bertz CT molecular complexity index is 1080. The van der Waals surface area contributed by atoms with Crippen molar-refractivity contribution in [1.82, 2.24) is 4.90 Å². The topological polar surface area (TPSA) is 181 Å². The van der Waals surface area contributed by atoms with E-state index < -0.39 is 64.4 Å². The summed E-state index contributed by atoms with van der Waals surface area (Å²) >= 11 is 0. The second-order valence-corrected chi connectivity index (χ2v) is 9.10. The molecule has 6 atom stereocenters. The lowest BCUT2D eigenvalue weighted by molar-refractivity contribution is -0.181. The minimum Gasteiger partial charge on any atom is -0.507 e. The van der Waals surface area contributed by atoms with Crippen LogP contribution in [-0.4, -0.2) is 69.9 Å². The van der Waals surface area contributed by atoms with Gasteiger partial charge >= 0.3 is 0 Å². The highest BCUT2D eigenvalue weighted by Gasteiger charge is 2.69. The minimum atomic E-state index is -2.71. The lowest BCUT2D eigenvalue weighted by Gasteiger charge is -2.52. The van der Waals surface area contributed by atoms with E-state index in [0.29, 0.717) is 11.1 Å². The Labute approximate surface area is 183 Å². The Morgan fingerprint density at radius 3 is 2.41 bits per heavy atom. The van der Waals surface area contributed by atoms with Gasteiger partial charge in [-0.1, -0.05) is 12.1 Å². The van der Waals surface area contributed by atoms with Crippen molar-refractivity contribution in [2.75, 3.05) is 14.1 Å². The molecule has 0 bridgehead atoms. The number of carbonyl (C=O) groups excluding carboxylic acids is 5. The van der Waals surface area contributed by atoms with Gasteiger partial charge in [0.25, 0.3) is 0 Å². The molecule has 2 saturated carbocycles. The molecule has 3 aliphatic rings. The number of nitrogens with zero attached hydrogens (tertiary/aromatic N) is 1. The summed E-state index contributed by atoms with van der Waals surface area (Å²) in [7, 11) is 3.09. The standard InChI is InChI=1S/C22H25N3O7/c1-25(2)15-11-6-10-5-8-3-4-9(7-23)16(26)12(8)17(27)13(10)19(29)22(11,32)20(30)14(18(15)28)21(24)31/h3-4,10-11,13-15,26,32H,5-7,23H2,1-2H3,(H2,24,31)/t10-,11-,13?,14?,15-,22-/m0/s1. The molecular weight excluding hydrogens is 418 g/mol. The molecule has 0 aromatic heterocycles. The van der Waals surface area contributed by atoms with Crippen LogP contribution in [0, 0.1) is 23.7 Å². The molecule has 0 saturated heterocycles. The summed E-state index contributed by atoms with van der Waals surface area (Å²) in [4.78, 5) is 66.4. The third-order valence-corrected chi connectivity index (χ3v) is 7.24. The predicted octanol–water partition coefficient (Wildman–Crippen LogP) is -1.67. The molecule has 3 aliphatic carbocycles. The average molecular weight is 443 g/mol. The molecule has 2 fully saturated rings. The number of aromatic hydroxyl groups is 1. The monoisotopic (exact) mass is 443 g/mol. The van der Waals surface area contributed by atoms with Crippen molar-refractivity contribution in [2.24, 2.45) is 35.1 Å². The van der Waals surface area contributed by atoms with Gasteiger partial charge in [0, 0.05) is 18.0 Å². The first-order valence-electron chi connectivity index (χ1n) is 10.3. The summed E-state index contributed by atoms with van der Waals surface area (Å²) in [5, 5.41) is 22.0. The number of aliphatic hydroxyl groups is 1. The van der Waals surface area contributed by atoms with Gasteiger partial charge in [0.2, 0.25) is 5.91 Å². The number of likely N-dealkylation sites (N-methyl/N-ethyl adjacent to an activating group) is 1. The molecule has 2 unspecified atom stereocenters. The van der Waals surface area contributed by atoms with Crippen LogP contribution in [-0.2, 0) is 32.1 Å². The van der Waals surface area contributed by atoms with E-state index in [9.17, 15) is 34.2 Å². The fourth-order valence-corrected chi connectivity index (χ4v) is 5.79. The molecular formula is C22H25N3O7. The van der Waals surface area contributed by atoms with E-state index in [1.54, 1.807) is 26.2 Å². The fraction of sp³-hybridized carbons (Fsp3) is 0.500. The van der Waals surface area contributed by atoms with Crippen molar-refractivity contribution in [2.45, 2.75) is 31.0 Å². The van der Waals surface area contributed by atoms with E-state index in [2.05, 4.69) is 0 Å². The lowest BCUT2D eigenvalue weighted by atomic mass is 9.52. The first-order valence-corrected chi connectivity index (χ1v) is 10.3. The van der Waals surface area contributed by atoms with Gasteiger partial charge < -0.3 is 21.7 Å². The Kier molecular flexibility index (Phi) is 5.07. The van der Waals surface area contributed by atoms with E-state index in [-0.39, 0.29) is 30.7 Å². The molecule has 4 rings (SSSR count). The zero-order valence-corrected chi connectivity index (χ0v) is 17.7. The Morgan fingerprint density at radius 1 is 1.19 bits per heavy atom. The summed E-state index contributed by atoms with van der Waals surface area (Å²) in [5.41, 5.74) is 9.00. The molecule has 0 radical (unpaired) electrons. The van der Waals surface area contributed by atoms with Gasteiger partial charge in [-0.15, -0.1) is 0 Å². The van der Waals surface area contributed by atoms with Gasteiger partial charge in [-0.25, -0.2) is 0 Å². The van der Waals surface area contributed by atoms with Crippen LogP contribution in [0.2, 0.25) is 0 Å². The Hall–Kier alpha value is -2.95. The largest absolute Gasteiger partial charge is 0.507 e. The van der Waals surface area contributed by atoms with E-state index in [1.807, 2.05) is 0 Å². The van der Waals surface area contributed by atoms with Gasteiger partial charge in [-0.05, 0) is 38.4 Å². The quantitative estimate of drug-likeness (QED) is 0.397. The van der Waals surface area contributed by atoms with E-state index in [1.165, 1.54) is 4.90 Å². The summed E-state index contributed by atoms with van der Waals surface area (Å²) in [6, 6.07) is 2.17. The molecule has 170 valence electrons. The lowest BCUT2D eigenvalue weighted by Crippen LogP contribution is -2.74. The summed E-state index contributed by atoms with van der Waals surface area (Å²) in [5.74, 6) is -10.5. The van der Waals surface area contributed by atoms with Gasteiger partial charge in [0.1, 0.15) is 5.75 Å². The maximum absolute atomic E-state index is 13.6. The van der Waals surface area contributed by atoms with Crippen molar-refractivity contribution < 1.29 is 34.2 Å². The number of phenols is 1. The van der Waals surface area contributed by atoms with Gasteiger partial charge in [0.05, 0.1) is 17.5 Å². The molecule has 6 N–H and O–H groups in total. The number of benzene rings is 1. The molecule has 0 heterocycles. The zero-order chi connectivity index (χ0) is 23.7. The van der Waals surface area contributed by atoms with E-state index >= 15 is 0 Å². The first-order chi connectivity index (χ1) is 15.0. The number of amides is 1. The van der Waals surface area contributed by atoms with E-state index in [4.69, 9.17) is 11.5 Å². The number of phenolic OH excluding ortho intramolecular Hbond substituents is 1. The third kappa shape index (κ3) is 2.73. The molecule has 10 nitrogen and oxygen atoms in total. The van der Waals surface area contributed by atoms with Crippen LogP contribution >= 0.6 is 0 Å². The number of Topliss-reactive ketones (excluding diaryl/α,β-unsaturated/α-hetero) is 4. The number of hydrogen-bond acceptors (Lipinski definition) is 9. The molecule has 0 spiro atoms. The molecule has 32 heavy (non-hydrogen) atoms. The van der Waals surface area contributed by atoms with Gasteiger partial charge in [0.15, 0.2) is 34.7 Å². The SMILES string of the molecule is CN(C)[C@@H]1C(=O)C(C(N)=O)C(=O)[C@@]2(O)C(=O)C3C(=O)c4c(ccc(CN)c4O)C[C@H]3C[C@@H]12. The second kappa shape index (κ2) is 7.29. The smallest absolute Gasteiger partial charge is 0.235 e. The predicted molar refractivity (Wildman–Crippen MR) is 109 cm³/mol. The normalized spacial score (nSPS) is 34.2. The van der Waals surface area contributed by atoms with Crippen LogP contribution < -0.4 is 11.5 Å². The average Bonchev–Trinajstić information content (AvgIpc) is 2.70. The number of rotatable bonds is 3. The first kappa shape index (κ1) is 22.3. The number of hydrogen-bond donors (Lipinski definition) is 4. The summed E-state index contributed by atoms with van der Waals surface area (Å²) < 4.78 is 0.